The summed E-state index contributed by atoms with van der Waals surface area (Å²) in [7, 11) is 0. The third-order valence-electron chi connectivity index (χ3n) is 4.24. The average Bonchev–Trinajstić information content (AvgIpc) is 2.47. The Morgan fingerprint density at radius 2 is 2.09 bits per heavy atom. The molecule has 122 valence electrons. The molecular weight excluding hydrogens is 280 g/mol. The van der Waals surface area contributed by atoms with Gasteiger partial charge in [-0.1, -0.05) is 13.0 Å². The SMILES string of the molecule is Cc1ccc(C(=O)NCC(O)CN2CCC(C)CC2)c(O)c1. The number of likely N-dealkylation sites (tertiary alicyclic amines) is 1. The van der Waals surface area contributed by atoms with Crippen LogP contribution in [0, 0.1) is 12.8 Å². The molecule has 2 rings (SSSR count). The molecule has 1 fully saturated rings. The lowest BCUT2D eigenvalue weighted by Crippen LogP contribution is -2.43. The molecule has 1 aromatic rings. The Bertz CT molecular complexity index is 511. The first-order chi connectivity index (χ1) is 10.5. The minimum absolute atomic E-state index is 0.0305. The number of phenolic OH excluding ortho intramolecular Hbond substituents is 1. The number of aliphatic hydroxyl groups is 1. The number of nitrogens with zero attached hydrogens (tertiary/aromatic N) is 1. The second-order valence-corrected chi connectivity index (χ2v) is 6.37. The van der Waals surface area contributed by atoms with Gasteiger partial charge in [-0.25, -0.2) is 0 Å². The van der Waals surface area contributed by atoms with Crippen LogP contribution < -0.4 is 5.32 Å². The molecule has 1 unspecified atom stereocenters. The maximum Gasteiger partial charge on any atom is 0.255 e. The monoisotopic (exact) mass is 306 g/mol. The summed E-state index contributed by atoms with van der Waals surface area (Å²) in [5.41, 5.74) is 1.14. The van der Waals surface area contributed by atoms with E-state index in [1.807, 2.05) is 6.92 Å². The van der Waals surface area contributed by atoms with Gasteiger partial charge >= 0.3 is 0 Å². The van der Waals surface area contributed by atoms with Crippen molar-refractivity contribution in [2.45, 2.75) is 32.8 Å². The van der Waals surface area contributed by atoms with E-state index in [0.29, 0.717) is 6.54 Å². The Balaban J connectivity index is 1.78. The molecule has 1 amide bonds. The Kier molecular flexibility index (Phi) is 5.80. The Hall–Kier alpha value is -1.59. The molecule has 1 atom stereocenters. The van der Waals surface area contributed by atoms with Gasteiger partial charge < -0.3 is 20.4 Å². The molecule has 3 N–H and O–H groups in total. The predicted molar refractivity (Wildman–Crippen MR) is 86.0 cm³/mol. The number of hydrogen-bond donors (Lipinski definition) is 3. The van der Waals surface area contributed by atoms with Gasteiger partial charge in [0.05, 0.1) is 11.7 Å². The highest BCUT2D eigenvalue weighted by molar-refractivity contribution is 5.96. The quantitative estimate of drug-likeness (QED) is 0.771. The third kappa shape index (κ3) is 4.71. The number of nitrogens with one attached hydrogen (secondary N) is 1. The van der Waals surface area contributed by atoms with Crippen LogP contribution in [0.5, 0.6) is 5.75 Å². The lowest BCUT2D eigenvalue weighted by atomic mass is 9.99. The minimum Gasteiger partial charge on any atom is -0.507 e. The van der Waals surface area contributed by atoms with Crippen LogP contribution in [0.25, 0.3) is 0 Å². The normalized spacial score (nSPS) is 18.1. The van der Waals surface area contributed by atoms with Crippen LogP contribution in [-0.4, -0.2) is 53.3 Å². The average molecular weight is 306 g/mol. The van der Waals surface area contributed by atoms with Crippen LogP contribution in [0.1, 0.15) is 35.7 Å². The standard InChI is InChI=1S/C17H26N2O3/c1-12-5-7-19(8-6-12)11-14(20)10-18-17(22)15-4-3-13(2)9-16(15)21/h3-4,9,12,14,20-21H,5-8,10-11H2,1-2H3,(H,18,22). The van der Waals surface area contributed by atoms with Crippen molar-refractivity contribution in [1.82, 2.24) is 10.2 Å². The number of piperidine rings is 1. The highest BCUT2D eigenvalue weighted by atomic mass is 16.3. The second-order valence-electron chi connectivity index (χ2n) is 6.37. The van der Waals surface area contributed by atoms with Gasteiger partial charge in [0.25, 0.3) is 5.91 Å². The molecule has 5 heteroatoms. The Labute approximate surface area is 131 Å². The van der Waals surface area contributed by atoms with Crippen LogP contribution in [0.3, 0.4) is 0 Å². The zero-order chi connectivity index (χ0) is 16.1. The Morgan fingerprint density at radius 1 is 1.41 bits per heavy atom. The van der Waals surface area contributed by atoms with Crippen molar-refractivity contribution in [3.8, 4) is 5.75 Å². The van der Waals surface area contributed by atoms with Crippen molar-refractivity contribution < 1.29 is 15.0 Å². The first-order valence-electron chi connectivity index (χ1n) is 7.94. The number of aromatic hydroxyl groups is 1. The zero-order valence-corrected chi connectivity index (χ0v) is 13.4. The number of carbonyl (C=O) groups excluding carboxylic acids is 1. The van der Waals surface area contributed by atoms with Crippen LogP contribution in [0.15, 0.2) is 18.2 Å². The maximum atomic E-state index is 12.0. The molecule has 0 saturated carbocycles. The first kappa shape index (κ1) is 16.8. The van der Waals surface area contributed by atoms with Gasteiger partial charge in [-0.2, -0.15) is 0 Å². The number of benzene rings is 1. The molecular formula is C17H26N2O3. The number of carbonyl (C=O) groups is 1. The number of hydrogen-bond acceptors (Lipinski definition) is 4. The first-order valence-corrected chi connectivity index (χ1v) is 7.94. The second kappa shape index (κ2) is 7.61. The fourth-order valence-corrected chi connectivity index (χ4v) is 2.75. The van der Waals surface area contributed by atoms with Crippen molar-refractivity contribution >= 4 is 5.91 Å². The summed E-state index contributed by atoms with van der Waals surface area (Å²) in [6.45, 7) is 6.88. The summed E-state index contributed by atoms with van der Waals surface area (Å²) in [5.74, 6) is 0.374. The predicted octanol–water partition coefficient (Wildman–Crippen LogP) is 1.52. The molecule has 1 aliphatic heterocycles. The van der Waals surface area contributed by atoms with Crippen molar-refractivity contribution in [2.24, 2.45) is 5.92 Å². The van der Waals surface area contributed by atoms with Crippen molar-refractivity contribution in [3.63, 3.8) is 0 Å². The summed E-state index contributed by atoms with van der Waals surface area (Å²) >= 11 is 0. The number of phenols is 1. The smallest absolute Gasteiger partial charge is 0.255 e. The summed E-state index contributed by atoms with van der Waals surface area (Å²) in [5, 5.41) is 22.5. The maximum absolute atomic E-state index is 12.0. The van der Waals surface area contributed by atoms with E-state index in [1.165, 1.54) is 0 Å². The molecule has 0 radical (unpaired) electrons. The van der Waals surface area contributed by atoms with Crippen LogP contribution in [0.4, 0.5) is 0 Å². The van der Waals surface area contributed by atoms with Crippen molar-refractivity contribution in [3.05, 3.63) is 29.3 Å². The van der Waals surface area contributed by atoms with Crippen LogP contribution in [-0.2, 0) is 0 Å². The van der Waals surface area contributed by atoms with E-state index >= 15 is 0 Å². The molecule has 5 nitrogen and oxygen atoms in total. The number of β-amino-alcohol motifs (C(OH)–C–C–N with tert-alkyl or cyclic N) is 1. The van der Waals surface area contributed by atoms with E-state index in [-0.39, 0.29) is 23.8 Å². The minimum atomic E-state index is -0.593. The Morgan fingerprint density at radius 3 is 2.73 bits per heavy atom. The van der Waals surface area contributed by atoms with Gasteiger partial charge in [0, 0.05) is 13.1 Å². The fourth-order valence-electron chi connectivity index (χ4n) is 2.75. The van der Waals surface area contributed by atoms with E-state index in [4.69, 9.17) is 0 Å². The zero-order valence-electron chi connectivity index (χ0n) is 13.4. The largest absolute Gasteiger partial charge is 0.507 e. The van der Waals surface area contributed by atoms with Gasteiger partial charge in [-0.15, -0.1) is 0 Å². The fraction of sp³-hybridized carbons (Fsp3) is 0.588. The van der Waals surface area contributed by atoms with E-state index in [1.54, 1.807) is 18.2 Å². The lowest BCUT2D eigenvalue weighted by Gasteiger charge is -2.31. The van der Waals surface area contributed by atoms with E-state index in [9.17, 15) is 15.0 Å². The van der Waals surface area contributed by atoms with Gasteiger partial charge in [0.15, 0.2) is 0 Å². The molecule has 0 aliphatic carbocycles. The highest BCUT2D eigenvalue weighted by Crippen LogP contribution is 2.18. The summed E-state index contributed by atoms with van der Waals surface area (Å²) < 4.78 is 0. The van der Waals surface area contributed by atoms with Crippen LogP contribution >= 0.6 is 0 Å². The molecule has 22 heavy (non-hydrogen) atoms. The van der Waals surface area contributed by atoms with Gasteiger partial charge in [0.2, 0.25) is 0 Å². The molecule has 1 aromatic carbocycles. The van der Waals surface area contributed by atoms with Gasteiger partial charge in [0.1, 0.15) is 5.75 Å². The molecule has 1 saturated heterocycles. The number of aryl methyl sites for hydroxylation is 1. The van der Waals surface area contributed by atoms with Gasteiger partial charge in [-0.05, 0) is 56.5 Å². The molecule has 1 aliphatic rings. The summed E-state index contributed by atoms with van der Waals surface area (Å²) in [4.78, 5) is 14.3. The van der Waals surface area contributed by atoms with Crippen LogP contribution in [0.2, 0.25) is 0 Å². The van der Waals surface area contributed by atoms with Crippen molar-refractivity contribution in [2.75, 3.05) is 26.2 Å². The molecule has 0 bridgehead atoms. The van der Waals surface area contributed by atoms with Gasteiger partial charge in [-0.3, -0.25) is 4.79 Å². The highest BCUT2D eigenvalue weighted by Gasteiger charge is 2.19. The molecule has 0 spiro atoms. The molecule has 0 aromatic heterocycles. The third-order valence-corrected chi connectivity index (χ3v) is 4.24. The summed E-state index contributed by atoms with van der Waals surface area (Å²) in [6.07, 6.45) is 1.73. The number of aliphatic hydroxyl groups excluding tert-OH is 1. The summed E-state index contributed by atoms with van der Waals surface area (Å²) in [6, 6.07) is 4.93. The van der Waals surface area contributed by atoms with Crippen molar-refractivity contribution in [1.29, 1.82) is 0 Å². The van der Waals surface area contributed by atoms with E-state index in [0.717, 1.165) is 37.4 Å². The van der Waals surface area contributed by atoms with E-state index in [2.05, 4.69) is 17.1 Å². The topological polar surface area (TPSA) is 72.8 Å². The number of rotatable bonds is 5. The van der Waals surface area contributed by atoms with E-state index < -0.39 is 6.10 Å². The number of amides is 1. The lowest BCUT2D eigenvalue weighted by molar-refractivity contribution is 0.0794. The molecule has 1 heterocycles.